The third-order valence-electron chi connectivity index (χ3n) is 2.61. The summed E-state index contributed by atoms with van der Waals surface area (Å²) in [6.45, 7) is 5.31. The molecular formula is C12H13ClN2O2S2. The molecule has 102 valence electrons. The van der Waals surface area contributed by atoms with E-state index in [0.29, 0.717) is 15.6 Å². The van der Waals surface area contributed by atoms with Gasteiger partial charge in [-0.1, -0.05) is 11.6 Å². The van der Waals surface area contributed by atoms with E-state index in [1.807, 2.05) is 6.92 Å². The van der Waals surface area contributed by atoms with Crippen LogP contribution in [0.3, 0.4) is 0 Å². The van der Waals surface area contributed by atoms with Gasteiger partial charge in [-0.2, -0.15) is 4.37 Å². The molecule has 7 heteroatoms. The fourth-order valence-electron chi connectivity index (χ4n) is 1.64. The van der Waals surface area contributed by atoms with Crippen LogP contribution in [0.4, 0.5) is 5.00 Å². The fourth-order valence-corrected chi connectivity index (χ4v) is 4.11. The summed E-state index contributed by atoms with van der Waals surface area (Å²) in [5.74, 6) is 0. The van der Waals surface area contributed by atoms with Crippen molar-refractivity contribution < 1.29 is 8.42 Å². The maximum atomic E-state index is 12.3. The Bertz CT molecular complexity index is 723. The van der Waals surface area contributed by atoms with Crippen LogP contribution in [0.15, 0.2) is 23.1 Å². The van der Waals surface area contributed by atoms with Gasteiger partial charge < -0.3 is 0 Å². The van der Waals surface area contributed by atoms with E-state index in [1.54, 1.807) is 32.0 Å². The van der Waals surface area contributed by atoms with Gasteiger partial charge in [-0.05, 0) is 61.6 Å². The van der Waals surface area contributed by atoms with E-state index in [0.717, 1.165) is 22.8 Å². The summed E-state index contributed by atoms with van der Waals surface area (Å²) < 4.78 is 31.2. The molecule has 0 fully saturated rings. The van der Waals surface area contributed by atoms with E-state index >= 15 is 0 Å². The summed E-state index contributed by atoms with van der Waals surface area (Å²) in [4.78, 5) is 0.237. The number of nitrogens with one attached hydrogen (secondary N) is 1. The Labute approximate surface area is 121 Å². The average Bonchev–Trinajstić information content (AvgIpc) is 2.68. The van der Waals surface area contributed by atoms with Gasteiger partial charge in [-0.25, -0.2) is 8.42 Å². The van der Waals surface area contributed by atoms with Crippen molar-refractivity contribution in [1.29, 1.82) is 0 Å². The van der Waals surface area contributed by atoms with E-state index in [9.17, 15) is 8.42 Å². The zero-order chi connectivity index (χ0) is 14.2. The zero-order valence-corrected chi connectivity index (χ0v) is 13.1. The van der Waals surface area contributed by atoms with Crippen molar-refractivity contribution in [3.63, 3.8) is 0 Å². The van der Waals surface area contributed by atoms with Gasteiger partial charge in [0.25, 0.3) is 10.0 Å². The molecule has 0 unspecified atom stereocenters. The van der Waals surface area contributed by atoms with Gasteiger partial charge in [-0.3, -0.25) is 4.72 Å². The molecule has 1 heterocycles. The standard InChI is InChI=1S/C12H13ClN2O2S2/c1-7-5-11(8(2)4-10(7)13)19(16,17)15-12-6-9(3)14-18-12/h4-6,15H,1-3H3. The van der Waals surface area contributed by atoms with Crippen molar-refractivity contribution in [2.24, 2.45) is 0 Å². The third-order valence-corrected chi connectivity index (χ3v) is 5.45. The Balaban J connectivity index is 2.42. The van der Waals surface area contributed by atoms with Crippen molar-refractivity contribution >= 4 is 38.2 Å². The van der Waals surface area contributed by atoms with Crippen molar-refractivity contribution in [2.45, 2.75) is 25.7 Å². The molecule has 0 aliphatic rings. The van der Waals surface area contributed by atoms with E-state index in [-0.39, 0.29) is 4.90 Å². The molecule has 0 aliphatic carbocycles. The average molecular weight is 317 g/mol. The van der Waals surface area contributed by atoms with Gasteiger partial charge in [0, 0.05) is 5.02 Å². The molecule has 2 rings (SSSR count). The second kappa shape index (κ2) is 5.11. The molecule has 0 amide bonds. The van der Waals surface area contributed by atoms with Crippen molar-refractivity contribution in [2.75, 3.05) is 4.72 Å². The Hall–Kier alpha value is -1.11. The Morgan fingerprint density at radius 3 is 2.42 bits per heavy atom. The minimum atomic E-state index is -3.61. The van der Waals surface area contributed by atoms with Crippen LogP contribution in [0.25, 0.3) is 0 Å². The topological polar surface area (TPSA) is 59.1 Å². The zero-order valence-electron chi connectivity index (χ0n) is 10.7. The number of aryl methyl sites for hydroxylation is 3. The molecule has 0 bridgehead atoms. The maximum Gasteiger partial charge on any atom is 0.262 e. The number of anilines is 1. The quantitative estimate of drug-likeness (QED) is 0.942. The number of hydrogen-bond donors (Lipinski definition) is 1. The number of aromatic nitrogens is 1. The highest BCUT2D eigenvalue weighted by Gasteiger charge is 2.19. The molecule has 0 atom stereocenters. The highest BCUT2D eigenvalue weighted by molar-refractivity contribution is 7.93. The van der Waals surface area contributed by atoms with Crippen LogP contribution in [0.2, 0.25) is 5.02 Å². The number of halogens is 1. The highest BCUT2D eigenvalue weighted by Crippen LogP contribution is 2.26. The van der Waals surface area contributed by atoms with Gasteiger partial charge in [-0.15, -0.1) is 0 Å². The van der Waals surface area contributed by atoms with Crippen LogP contribution in [0, 0.1) is 20.8 Å². The number of benzene rings is 1. The second-order valence-corrected chi connectivity index (χ2v) is 7.17. The third kappa shape index (κ3) is 3.08. The first-order valence-electron chi connectivity index (χ1n) is 5.52. The monoisotopic (exact) mass is 316 g/mol. The van der Waals surface area contributed by atoms with Gasteiger partial charge in [0.1, 0.15) is 5.00 Å². The Morgan fingerprint density at radius 2 is 1.84 bits per heavy atom. The number of nitrogens with zero attached hydrogens (tertiary/aromatic N) is 1. The summed E-state index contributed by atoms with van der Waals surface area (Å²) in [6.07, 6.45) is 0. The van der Waals surface area contributed by atoms with E-state index in [1.165, 1.54) is 0 Å². The Kier molecular flexibility index (Phi) is 3.85. The number of hydrogen-bond acceptors (Lipinski definition) is 4. The lowest BCUT2D eigenvalue weighted by atomic mass is 10.2. The predicted octanol–water partition coefficient (Wildman–Crippen LogP) is 3.52. The molecule has 1 aromatic heterocycles. The molecule has 19 heavy (non-hydrogen) atoms. The van der Waals surface area contributed by atoms with E-state index in [4.69, 9.17) is 11.6 Å². The molecular weight excluding hydrogens is 304 g/mol. The van der Waals surface area contributed by atoms with Gasteiger partial charge >= 0.3 is 0 Å². The van der Waals surface area contributed by atoms with E-state index < -0.39 is 10.0 Å². The molecule has 0 radical (unpaired) electrons. The molecule has 0 saturated heterocycles. The number of sulfonamides is 1. The van der Waals surface area contributed by atoms with Crippen LogP contribution in [0.5, 0.6) is 0 Å². The normalized spacial score (nSPS) is 11.6. The summed E-state index contributed by atoms with van der Waals surface area (Å²) >= 11 is 7.09. The summed E-state index contributed by atoms with van der Waals surface area (Å²) in [6, 6.07) is 4.93. The SMILES string of the molecule is Cc1cc(NS(=O)(=O)c2cc(C)c(Cl)cc2C)sn1. The summed E-state index contributed by atoms with van der Waals surface area (Å²) in [7, 11) is -3.61. The molecule has 4 nitrogen and oxygen atoms in total. The van der Waals surface area contributed by atoms with Gasteiger partial charge in [0.05, 0.1) is 10.6 Å². The largest absolute Gasteiger partial charge is 0.269 e. The van der Waals surface area contributed by atoms with Crippen LogP contribution in [-0.4, -0.2) is 12.8 Å². The summed E-state index contributed by atoms with van der Waals surface area (Å²) in [5, 5.41) is 1.06. The Morgan fingerprint density at radius 1 is 1.16 bits per heavy atom. The minimum Gasteiger partial charge on any atom is -0.269 e. The van der Waals surface area contributed by atoms with Gasteiger partial charge in [0.2, 0.25) is 0 Å². The lowest BCUT2D eigenvalue weighted by Gasteiger charge is -2.10. The molecule has 0 spiro atoms. The lowest BCUT2D eigenvalue weighted by Crippen LogP contribution is -2.13. The summed E-state index contributed by atoms with van der Waals surface area (Å²) in [5.41, 5.74) is 2.13. The van der Waals surface area contributed by atoms with Crippen LogP contribution in [-0.2, 0) is 10.0 Å². The smallest absolute Gasteiger partial charge is 0.262 e. The first-order chi connectivity index (χ1) is 8.79. The molecule has 1 aromatic carbocycles. The van der Waals surface area contributed by atoms with E-state index in [2.05, 4.69) is 9.10 Å². The van der Waals surface area contributed by atoms with Crippen molar-refractivity contribution in [3.05, 3.63) is 40.0 Å². The molecule has 0 aliphatic heterocycles. The van der Waals surface area contributed by atoms with Crippen LogP contribution >= 0.6 is 23.1 Å². The number of rotatable bonds is 3. The maximum absolute atomic E-state index is 12.3. The first kappa shape index (κ1) is 14.3. The molecule has 0 saturated carbocycles. The second-order valence-electron chi connectivity index (χ2n) is 4.30. The van der Waals surface area contributed by atoms with Crippen molar-refractivity contribution in [3.8, 4) is 0 Å². The molecule has 2 aromatic rings. The lowest BCUT2D eigenvalue weighted by molar-refractivity contribution is 0.600. The van der Waals surface area contributed by atoms with Gasteiger partial charge in [0.15, 0.2) is 0 Å². The van der Waals surface area contributed by atoms with Crippen LogP contribution in [0.1, 0.15) is 16.8 Å². The highest BCUT2D eigenvalue weighted by atomic mass is 35.5. The minimum absolute atomic E-state index is 0.237. The predicted molar refractivity (Wildman–Crippen MR) is 78.6 cm³/mol. The first-order valence-corrected chi connectivity index (χ1v) is 8.16. The van der Waals surface area contributed by atoms with Crippen molar-refractivity contribution in [1.82, 2.24) is 4.37 Å². The fraction of sp³-hybridized carbons (Fsp3) is 0.250. The van der Waals surface area contributed by atoms with Crippen LogP contribution < -0.4 is 4.72 Å². The molecule has 1 N–H and O–H groups in total.